The Labute approximate surface area is 160 Å². The molecule has 0 amide bonds. The minimum absolute atomic E-state index is 0.827. The van der Waals surface area contributed by atoms with Gasteiger partial charge in [-0.15, -0.1) is 0 Å². The fourth-order valence-corrected chi connectivity index (χ4v) is 5.56. The quantitative estimate of drug-likeness (QED) is 0.812. The third-order valence-electron chi connectivity index (χ3n) is 7.21. The van der Waals surface area contributed by atoms with Crippen LogP contribution in [-0.2, 0) is 6.54 Å². The molecule has 3 heteroatoms. The first-order valence-corrected chi connectivity index (χ1v) is 11.0. The fourth-order valence-electron chi connectivity index (χ4n) is 5.56. The standard InChI is InChI=1S/C23H37N3/c1-20-7-5-6-10-23(20)26-17-15-25(16-18-26)22-11-13-24(14-12-22)19-21-8-3-2-4-9-21/h2-4,8-9,20,22-23H,5-7,10-19H2,1H3/t20-,23+/m0/s1. The zero-order valence-electron chi connectivity index (χ0n) is 16.7. The molecule has 2 saturated heterocycles. The van der Waals surface area contributed by atoms with Crippen LogP contribution >= 0.6 is 0 Å². The first-order chi connectivity index (χ1) is 12.8. The minimum atomic E-state index is 0.827. The van der Waals surface area contributed by atoms with Gasteiger partial charge in [-0.05, 0) is 50.3 Å². The maximum Gasteiger partial charge on any atom is 0.0233 e. The van der Waals surface area contributed by atoms with Gasteiger partial charge in [0.2, 0.25) is 0 Å². The molecule has 3 nitrogen and oxygen atoms in total. The van der Waals surface area contributed by atoms with Gasteiger partial charge in [0.05, 0.1) is 0 Å². The van der Waals surface area contributed by atoms with Crippen molar-refractivity contribution in [1.29, 1.82) is 0 Å². The number of hydrogen-bond donors (Lipinski definition) is 0. The Morgan fingerprint density at radius 1 is 0.769 bits per heavy atom. The average Bonchev–Trinajstić information content (AvgIpc) is 2.70. The first-order valence-electron chi connectivity index (χ1n) is 11.0. The van der Waals surface area contributed by atoms with Crippen LogP contribution in [0.1, 0.15) is 51.0 Å². The Bertz CT molecular complexity index is 530. The van der Waals surface area contributed by atoms with Crippen LogP contribution in [-0.4, -0.2) is 66.1 Å². The summed E-state index contributed by atoms with van der Waals surface area (Å²) in [5.74, 6) is 0.913. The van der Waals surface area contributed by atoms with Gasteiger partial charge >= 0.3 is 0 Å². The topological polar surface area (TPSA) is 9.72 Å². The van der Waals surface area contributed by atoms with Crippen molar-refractivity contribution in [2.45, 2.75) is 64.1 Å². The maximum atomic E-state index is 2.82. The fraction of sp³-hybridized carbons (Fsp3) is 0.739. The van der Waals surface area contributed by atoms with E-state index in [9.17, 15) is 0 Å². The molecule has 2 aliphatic heterocycles. The van der Waals surface area contributed by atoms with E-state index in [2.05, 4.69) is 52.0 Å². The van der Waals surface area contributed by atoms with Gasteiger partial charge in [-0.3, -0.25) is 14.7 Å². The van der Waals surface area contributed by atoms with Gasteiger partial charge < -0.3 is 0 Å². The minimum Gasteiger partial charge on any atom is -0.299 e. The van der Waals surface area contributed by atoms with E-state index in [0.29, 0.717) is 0 Å². The predicted octanol–water partition coefficient (Wildman–Crippen LogP) is 3.85. The van der Waals surface area contributed by atoms with Crippen molar-refractivity contribution < 1.29 is 0 Å². The second kappa shape index (κ2) is 8.86. The molecule has 3 fully saturated rings. The Hall–Kier alpha value is -0.900. The van der Waals surface area contributed by atoms with Crippen LogP contribution in [0.25, 0.3) is 0 Å². The molecule has 1 aromatic carbocycles. The highest BCUT2D eigenvalue weighted by Gasteiger charge is 2.32. The average molecular weight is 356 g/mol. The number of rotatable bonds is 4. The van der Waals surface area contributed by atoms with E-state index in [-0.39, 0.29) is 0 Å². The van der Waals surface area contributed by atoms with E-state index in [1.54, 1.807) is 0 Å². The summed E-state index contributed by atoms with van der Waals surface area (Å²) in [6.45, 7) is 11.3. The third-order valence-corrected chi connectivity index (χ3v) is 7.21. The molecule has 1 aromatic rings. The van der Waals surface area contributed by atoms with E-state index in [4.69, 9.17) is 0 Å². The Kier molecular flexibility index (Phi) is 6.29. The van der Waals surface area contributed by atoms with Gasteiger partial charge in [-0.2, -0.15) is 0 Å². The summed E-state index contributed by atoms with van der Waals surface area (Å²) in [6, 6.07) is 12.7. The molecule has 0 radical (unpaired) electrons. The van der Waals surface area contributed by atoms with E-state index in [1.165, 1.54) is 83.4 Å². The number of hydrogen-bond acceptors (Lipinski definition) is 3. The highest BCUT2D eigenvalue weighted by molar-refractivity contribution is 5.14. The first kappa shape index (κ1) is 18.5. The summed E-state index contributed by atoms with van der Waals surface area (Å²) in [5.41, 5.74) is 1.46. The summed E-state index contributed by atoms with van der Waals surface area (Å²) >= 11 is 0. The van der Waals surface area contributed by atoms with Crippen LogP contribution in [0.4, 0.5) is 0 Å². The zero-order chi connectivity index (χ0) is 17.8. The van der Waals surface area contributed by atoms with Crippen molar-refractivity contribution in [3.05, 3.63) is 35.9 Å². The summed E-state index contributed by atoms with van der Waals surface area (Å²) in [6.07, 6.45) is 8.51. The molecule has 1 aliphatic carbocycles. The molecule has 0 aromatic heterocycles. The van der Waals surface area contributed by atoms with Crippen LogP contribution in [0.2, 0.25) is 0 Å². The van der Waals surface area contributed by atoms with Crippen molar-refractivity contribution in [3.8, 4) is 0 Å². The predicted molar refractivity (Wildman–Crippen MR) is 109 cm³/mol. The van der Waals surface area contributed by atoms with E-state index < -0.39 is 0 Å². The van der Waals surface area contributed by atoms with Crippen LogP contribution < -0.4 is 0 Å². The summed E-state index contributed by atoms with van der Waals surface area (Å²) in [7, 11) is 0. The lowest BCUT2D eigenvalue weighted by molar-refractivity contribution is 0.0206. The second-order valence-corrected chi connectivity index (χ2v) is 8.89. The van der Waals surface area contributed by atoms with Crippen molar-refractivity contribution in [3.63, 3.8) is 0 Å². The second-order valence-electron chi connectivity index (χ2n) is 8.89. The molecular weight excluding hydrogens is 318 g/mol. The van der Waals surface area contributed by atoms with Crippen LogP contribution in [0.5, 0.6) is 0 Å². The molecule has 3 aliphatic rings. The molecule has 144 valence electrons. The zero-order valence-corrected chi connectivity index (χ0v) is 16.7. The lowest BCUT2D eigenvalue weighted by Gasteiger charge is -2.46. The maximum absolute atomic E-state index is 2.82. The highest BCUT2D eigenvalue weighted by Crippen LogP contribution is 2.29. The Morgan fingerprint density at radius 2 is 1.42 bits per heavy atom. The van der Waals surface area contributed by atoms with Crippen molar-refractivity contribution in [2.24, 2.45) is 5.92 Å². The van der Waals surface area contributed by atoms with Gasteiger partial charge in [0.15, 0.2) is 0 Å². The van der Waals surface area contributed by atoms with E-state index in [0.717, 1.165) is 24.5 Å². The molecule has 2 heterocycles. The van der Waals surface area contributed by atoms with Gasteiger partial charge in [0.25, 0.3) is 0 Å². The summed E-state index contributed by atoms with van der Waals surface area (Å²) in [4.78, 5) is 8.28. The monoisotopic (exact) mass is 355 g/mol. The SMILES string of the molecule is C[C@H]1CCCC[C@H]1N1CCN(C2CCN(Cc3ccccc3)CC2)CC1. The molecule has 0 unspecified atom stereocenters. The van der Waals surface area contributed by atoms with Crippen LogP contribution in [0, 0.1) is 5.92 Å². The van der Waals surface area contributed by atoms with E-state index in [1.807, 2.05) is 0 Å². The molecule has 1 saturated carbocycles. The lowest BCUT2D eigenvalue weighted by atomic mass is 9.84. The highest BCUT2D eigenvalue weighted by atomic mass is 15.3. The molecule has 0 spiro atoms. The van der Waals surface area contributed by atoms with Crippen LogP contribution in [0.15, 0.2) is 30.3 Å². The van der Waals surface area contributed by atoms with Crippen molar-refractivity contribution in [2.75, 3.05) is 39.3 Å². The van der Waals surface area contributed by atoms with Gasteiger partial charge in [0.1, 0.15) is 0 Å². The molecule has 2 atom stereocenters. The van der Waals surface area contributed by atoms with Gasteiger partial charge in [-0.25, -0.2) is 0 Å². The van der Waals surface area contributed by atoms with Crippen LogP contribution in [0.3, 0.4) is 0 Å². The number of likely N-dealkylation sites (tertiary alicyclic amines) is 1. The Balaban J connectivity index is 1.21. The molecule has 26 heavy (non-hydrogen) atoms. The summed E-state index contributed by atoms with van der Waals surface area (Å²) < 4.78 is 0. The number of piperidine rings is 1. The van der Waals surface area contributed by atoms with Crippen molar-refractivity contribution >= 4 is 0 Å². The van der Waals surface area contributed by atoms with Gasteiger partial charge in [0, 0.05) is 44.8 Å². The Morgan fingerprint density at radius 3 is 2.12 bits per heavy atom. The smallest absolute Gasteiger partial charge is 0.0233 e. The molecule has 4 rings (SSSR count). The number of benzene rings is 1. The summed E-state index contributed by atoms with van der Waals surface area (Å²) in [5, 5.41) is 0. The van der Waals surface area contributed by atoms with Gasteiger partial charge in [-0.1, -0.05) is 50.1 Å². The molecular formula is C23H37N3. The van der Waals surface area contributed by atoms with Crippen molar-refractivity contribution in [1.82, 2.24) is 14.7 Å². The molecule has 0 N–H and O–H groups in total. The largest absolute Gasteiger partial charge is 0.299 e. The number of nitrogens with zero attached hydrogens (tertiary/aromatic N) is 3. The normalized spacial score (nSPS) is 30.5. The van der Waals surface area contributed by atoms with E-state index >= 15 is 0 Å². The number of piperazine rings is 1. The lowest BCUT2D eigenvalue weighted by Crippen LogP contribution is -2.56. The molecule has 0 bridgehead atoms. The third kappa shape index (κ3) is 4.49.